The van der Waals surface area contributed by atoms with Crippen LogP contribution in [0.4, 0.5) is 5.69 Å². The second-order valence-corrected chi connectivity index (χ2v) is 6.97. The molecule has 27 heavy (non-hydrogen) atoms. The highest BCUT2D eigenvalue weighted by atomic mass is 35.5. The molecule has 0 radical (unpaired) electrons. The van der Waals surface area contributed by atoms with Crippen molar-refractivity contribution in [2.75, 3.05) is 11.9 Å². The molecular formula is C19H17ClN4O3. The van der Waals surface area contributed by atoms with E-state index in [0.29, 0.717) is 16.3 Å². The van der Waals surface area contributed by atoms with E-state index in [1.165, 1.54) is 4.90 Å². The van der Waals surface area contributed by atoms with Crippen LogP contribution < -0.4 is 5.32 Å². The van der Waals surface area contributed by atoms with Gasteiger partial charge in [-0.05, 0) is 42.5 Å². The van der Waals surface area contributed by atoms with Crippen molar-refractivity contribution in [2.45, 2.75) is 18.6 Å². The van der Waals surface area contributed by atoms with E-state index >= 15 is 0 Å². The predicted octanol–water partition coefficient (Wildman–Crippen LogP) is 2.43. The number of amides is 2. The lowest BCUT2D eigenvalue weighted by Crippen LogP contribution is -2.43. The van der Waals surface area contributed by atoms with Crippen LogP contribution in [0.1, 0.15) is 16.8 Å². The molecule has 3 aromatic rings. The van der Waals surface area contributed by atoms with Gasteiger partial charge in [-0.2, -0.15) is 5.10 Å². The number of aliphatic hydroxyl groups excluding tert-OH is 1. The summed E-state index contributed by atoms with van der Waals surface area (Å²) in [5.74, 6) is -0.648. The zero-order valence-corrected chi connectivity index (χ0v) is 15.0. The second-order valence-electron chi connectivity index (χ2n) is 6.53. The van der Waals surface area contributed by atoms with Gasteiger partial charge in [0.15, 0.2) is 0 Å². The summed E-state index contributed by atoms with van der Waals surface area (Å²) in [4.78, 5) is 27.0. The van der Waals surface area contributed by atoms with Crippen molar-refractivity contribution in [3.8, 4) is 0 Å². The van der Waals surface area contributed by atoms with Gasteiger partial charge < -0.3 is 15.3 Å². The molecule has 1 aliphatic rings. The number of nitrogens with zero attached hydrogens (tertiary/aromatic N) is 2. The molecule has 8 heteroatoms. The molecular weight excluding hydrogens is 368 g/mol. The molecule has 2 atom stereocenters. The van der Waals surface area contributed by atoms with Gasteiger partial charge in [0.1, 0.15) is 6.04 Å². The minimum absolute atomic E-state index is 0.111. The molecule has 2 aromatic carbocycles. The average molecular weight is 385 g/mol. The molecule has 1 saturated heterocycles. The molecule has 0 unspecified atom stereocenters. The highest BCUT2D eigenvalue weighted by Crippen LogP contribution is 2.24. The molecule has 4 rings (SSSR count). The van der Waals surface area contributed by atoms with E-state index in [1.807, 2.05) is 6.07 Å². The van der Waals surface area contributed by atoms with E-state index in [0.717, 1.165) is 10.9 Å². The highest BCUT2D eigenvalue weighted by molar-refractivity contribution is 6.30. The maximum Gasteiger partial charge on any atom is 0.254 e. The van der Waals surface area contributed by atoms with Gasteiger partial charge in [-0.1, -0.05) is 11.6 Å². The molecule has 3 N–H and O–H groups in total. The van der Waals surface area contributed by atoms with Crippen LogP contribution in [0.3, 0.4) is 0 Å². The lowest BCUT2D eigenvalue weighted by molar-refractivity contribution is -0.119. The standard InChI is InChI=1S/C19H17ClN4O3/c20-13-3-1-11(2-4-13)19(27)24-10-15(25)8-17(24)18(26)22-14-5-6-16-12(7-14)9-21-23-16/h1-7,9,15,17,25H,8,10H2,(H,21,23)(H,22,26)/t15-,17+/m0/s1. The number of likely N-dealkylation sites (tertiary alicyclic amines) is 1. The summed E-state index contributed by atoms with van der Waals surface area (Å²) in [7, 11) is 0. The number of aromatic amines is 1. The molecule has 2 amide bonds. The van der Waals surface area contributed by atoms with Gasteiger partial charge in [-0.25, -0.2) is 0 Å². The Morgan fingerprint density at radius 2 is 2.00 bits per heavy atom. The van der Waals surface area contributed by atoms with Crippen molar-refractivity contribution in [1.82, 2.24) is 15.1 Å². The van der Waals surface area contributed by atoms with Crippen LogP contribution >= 0.6 is 11.6 Å². The zero-order valence-electron chi connectivity index (χ0n) is 14.2. The van der Waals surface area contributed by atoms with Gasteiger partial charge in [0.25, 0.3) is 5.91 Å². The van der Waals surface area contributed by atoms with Gasteiger partial charge in [0.2, 0.25) is 5.91 Å². The summed E-state index contributed by atoms with van der Waals surface area (Å²) in [5.41, 5.74) is 1.89. The van der Waals surface area contributed by atoms with E-state index in [2.05, 4.69) is 15.5 Å². The lowest BCUT2D eigenvalue weighted by atomic mass is 10.1. The fourth-order valence-electron chi connectivity index (χ4n) is 3.29. The molecule has 7 nitrogen and oxygen atoms in total. The van der Waals surface area contributed by atoms with Crippen LogP contribution in [0.2, 0.25) is 5.02 Å². The Labute approximate surface area is 159 Å². The number of aromatic nitrogens is 2. The van der Waals surface area contributed by atoms with E-state index in [9.17, 15) is 14.7 Å². The number of β-amino-alcohol motifs (C(OH)–C–C–N with tert-alkyl or cyclic N) is 1. The number of aliphatic hydroxyl groups is 1. The van der Waals surface area contributed by atoms with E-state index in [-0.39, 0.29) is 24.8 Å². The first-order valence-electron chi connectivity index (χ1n) is 8.50. The maximum atomic E-state index is 12.8. The van der Waals surface area contributed by atoms with Crippen molar-refractivity contribution in [1.29, 1.82) is 0 Å². The summed E-state index contributed by atoms with van der Waals surface area (Å²) in [6.45, 7) is 0.111. The van der Waals surface area contributed by atoms with E-state index in [1.54, 1.807) is 42.6 Å². The van der Waals surface area contributed by atoms with Crippen LogP contribution in [-0.2, 0) is 4.79 Å². The van der Waals surface area contributed by atoms with Crippen molar-refractivity contribution < 1.29 is 14.7 Å². The summed E-state index contributed by atoms with van der Waals surface area (Å²) < 4.78 is 0. The van der Waals surface area contributed by atoms with Crippen LogP contribution in [0.25, 0.3) is 10.9 Å². The van der Waals surface area contributed by atoms with Gasteiger partial charge >= 0.3 is 0 Å². The molecule has 1 aliphatic heterocycles. The summed E-state index contributed by atoms with van der Waals surface area (Å²) in [6.07, 6.45) is 1.12. The number of carbonyl (C=O) groups is 2. The van der Waals surface area contributed by atoms with Gasteiger partial charge in [-0.3, -0.25) is 14.7 Å². The number of halogens is 1. The minimum atomic E-state index is -0.747. The Kier molecular flexibility index (Phi) is 4.55. The zero-order chi connectivity index (χ0) is 19.0. The number of fused-ring (bicyclic) bond motifs is 1. The topological polar surface area (TPSA) is 98.3 Å². The molecule has 2 heterocycles. The highest BCUT2D eigenvalue weighted by Gasteiger charge is 2.39. The smallest absolute Gasteiger partial charge is 0.254 e. The van der Waals surface area contributed by atoms with Crippen molar-refractivity contribution in [3.63, 3.8) is 0 Å². The molecule has 0 aliphatic carbocycles. The number of carbonyl (C=O) groups excluding carboxylic acids is 2. The second kappa shape index (κ2) is 7.02. The minimum Gasteiger partial charge on any atom is -0.391 e. The number of benzene rings is 2. The molecule has 138 valence electrons. The van der Waals surface area contributed by atoms with E-state index in [4.69, 9.17) is 11.6 Å². The summed E-state index contributed by atoms with van der Waals surface area (Å²) >= 11 is 5.87. The number of rotatable bonds is 3. The van der Waals surface area contributed by atoms with Crippen molar-refractivity contribution >= 4 is 40.0 Å². The molecule has 1 fully saturated rings. The van der Waals surface area contributed by atoms with Crippen LogP contribution in [0.5, 0.6) is 0 Å². The average Bonchev–Trinajstić information content (AvgIpc) is 3.27. The number of H-pyrrole nitrogens is 1. The number of hydrogen-bond acceptors (Lipinski definition) is 4. The summed E-state index contributed by atoms with van der Waals surface area (Å²) in [6, 6.07) is 11.1. The summed E-state index contributed by atoms with van der Waals surface area (Å²) in [5, 5.41) is 21.0. The van der Waals surface area contributed by atoms with Crippen LogP contribution in [0.15, 0.2) is 48.7 Å². The molecule has 0 saturated carbocycles. The van der Waals surface area contributed by atoms with Gasteiger partial charge in [0.05, 0.1) is 17.8 Å². The Bertz CT molecular complexity index is 1000. The number of hydrogen-bond donors (Lipinski definition) is 3. The van der Waals surface area contributed by atoms with Crippen LogP contribution in [0, 0.1) is 0 Å². The molecule has 1 aromatic heterocycles. The van der Waals surface area contributed by atoms with Gasteiger partial charge in [0, 0.05) is 34.6 Å². The first-order valence-corrected chi connectivity index (χ1v) is 8.87. The predicted molar refractivity (Wildman–Crippen MR) is 102 cm³/mol. The van der Waals surface area contributed by atoms with Crippen molar-refractivity contribution in [3.05, 3.63) is 59.2 Å². The third-order valence-electron chi connectivity index (χ3n) is 4.64. The molecule has 0 bridgehead atoms. The fraction of sp³-hybridized carbons (Fsp3) is 0.211. The number of anilines is 1. The maximum absolute atomic E-state index is 12.8. The Balaban J connectivity index is 1.53. The Morgan fingerprint density at radius 3 is 2.78 bits per heavy atom. The fourth-order valence-corrected chi connectivity index (χ4v) is 3.42. The normalized spacial score (nSPS) is 19.4. The van der Waals surface area contributed by atoms with E-state index < -0.39 is 12.1 Å². The first-order chi connectivity index (χ1) is 13.0. The van der Waals surface area contributed by atoms with Crippen LogP contribution in [-0.4, -0.2) is 50.7 Å². The third kappa shape index (κ3) is 3.51. The monoisotopic (exact) mass is 384 g/mol. The van der Waals surface area contributed by atoms with Gasteiger partial charge in [-0.15, -0.1) is 0 Å². The number of nitrogens with one attached hydrogen (secondary N) is 2. The molecule has 0 spiro atoms. The quantitative estimate of drug-likeness (QED) is 0.646. The largest absolute Gasteiger partial charge is 0.391 e. The third-order valence-corrected chi connectivity index (χ3v) is 4.89. The Hall–Kier alpha value is -2.90. The Morgan fingerprint density at radius 1 is 1.22 bits per heavy atom. The first kappa shape index (κ1) is 17.5. The lowest BCUT2D eigenvalue weighted by Gasteiger charge is -2.23. The van der Waals surface area contributed by atoms with Crippen molar-refractivity contribution in [2.24, 2.45) is 0 Å². The SMILES string of the molecule is O=C(Nc1ccc2[nH]ncc2c1)[C@H]1C[C@H](O)CN1C(=O)c1ccc(Cl)cc1.